The molecule has 1 heterocycles. The average molecular weight is 260 g/mol. The summed E-state index contributed by atoms with van der Waals surface area (Å²) in [7, 11) is 0. The van der Waals surface area contributed by atoms with Gasteiger partial charge < -0.3 is 14.3 Å². The third-order valence-corrected chi connectivity index (χ3v) is 3.55. The van der Waals surface area contributed by atoms with E-state index in [4.69, 9.17) is 9.15 Å². The van der Waals surface area contributed by atoms with Gasteiger partial charge in [-0.15, -0.1) is 0 Å². The van der Waals surface area contributed by atoms with Crippen molar-refractivity contribution in [2.24, 2.45) is 0 Å². The summed E-state index contributed by atoms with van der Waals surface area (Å²) in [6.07, 6.45) is 1.26. The monoisotopic (exact) mass is 260 g/mol. The van der Waals surface area contributed by atoms with Gasteiger partial charge in [-0.1, -0.05) is 0 Å². The lowest BCUT2D eigenvalue weighted by Crippen LogP contribution is -2.14. The molecule has 1 N–H and O–H groups in total. The van der Waals surface area contributed by atoms with Gasteiger partial charge in [0.25, 0.3) is 0 Å². The Balaban J connectivity index is 2.31. The van der Waals surface area contributed by atoms with Crippen LogP contribution in [-0.4, -0.2) is 11.7 Å². The van der Waals surface area contributed by atoms with Crippen LogP contribution in [0.15, 0.2) is 21.3 Å². The van der Waals surface area contributed by atoms with Gasteiger partial charge in [0.1, 0.15) is 22.5 Å². The molecule has 1 atom stereocenters. The summed E-state index contributed by atoms with van der Waals surface area (Å²) in [6.45, 7) is 4.32. The van der Waals surface area contributed by atoms with Crippen LogP contribution in [0.2, 0.25) is 0 Å². The summed E-state index contributed by atoms with van der Waals surface area (Å²) < 4.78 is 11.4. The minimum atomic E-state index is -0.207. The van der Waals surface area contributed by atoms with Crippen molar-refractivity contribution in [3.8, 4) is 5.75 Å². The largest absolute Gasteiger partial charge is 0.507 e. The van der Waals surface area contributed by atoms with Crippen molar-refractivity contribution < 1.29 is 14.3 Å². The number of phenols is 1. The number of hydrogen-bond acceptors (Lipinski definition) is 4. The molecule has 0 unspecified atom stereocenters. The molecular formula is C15H16O4. The first-order chi connectivity index (χ1) is 9.11. The van der Waals surface area contributed by atoms with Crippen LogP contribution in [0.5, 0.6) is 5.75 Å². The standard InChI is InChI=1S/C15H16O4/c1-3-18-10-4-5-11-14(10)15(17)13-9(16)6-8(2)7-12(13)19-11/h6-7,10,16H,3-5H2,1-2H3/t10-/m1/s1. The molecule has 4 nitrogen and oxygen atoms in total. The van der Waals surface area contributed by atoms with Crippen molar-refractivity contribution in [2.45, 2.75) is 32.8 Å². The number of aryl methyl sites for hydroxylation is 2. The molecule has 0 fully saturated rings. The SMILES string of the molecule is CCO[C@@H]1CCc2oc3cc(C)cc(O)c3c(=O)c21. The molecule has 19 heavy (non-hydrogen) atoms. The summed E-state index contributed by atoms with van der Waals surface area (Å²) in [5.41, 5.74) is 1.74. The number of fused-ring (bicyclic) bond motifs is 2. The van der Waals surface area contributed by atoms with E-state index in [-0.39, 0.29) is 22.7 Å². The van der Waals surface area contributed by atoms with E-state index in [0.29, 0.717) is 29.9 Å². The highest BCUT2D eigenvalue weighted by molar-refractivity contribution is 5.84. The molecule has 3 rings (SSSR count). The summed E-state index contributed by atoms with van der Waals surface area (Å²) in [5, 5.41) is 10.2. The van der Waals surface area contributed by atoms with Gasteiger partial charge in [0.15, 0.2) is 0 Å². The Hall–Kier alpha value is -1.81. The Bertz CT molecular complexity index is 699. The maximum Gasteiger partial charge on any atom is 0.202 e. The van der Waals surface area contributed by atoms with Crippen molar-refractivity contribution in [2.75, 3.05) is 6.61 Å². The minimum absolute atomic E-state index is 0.0197. The van der Waals surface area contributed by atoms with E-state index < -0.39 is 0 Å². The molecule has 0 radical (unpaired) electrons. The average Bonchev–Trinajstić information content (AvgIpc) is 2.72. The van der Waals surface area contributed by atoms with Crippen LogP contribution in [0.1, 0.15) is 36.3 Å². The number of ether oxygens (including phenoxy) is 1. The first-order valence-electron chi connectivity index (χ1n) is 6.52. The number of phenolic OH excluding ortho intramolecular Hbond substituents is 1. The predicted molar refractivity (Wildman–Crippen MR) is 71.6 cm³/mol. The van der Waals surface area contributed by atoms with Crippen LogP contribution >= 0.6 is 0 Å². The summed E-state index contributed by atoms with van der Waals surface area (Å²) >= 11 is 0. The Kier molecular flexibility index (Phi) is 2.82. The number of hydrogen-bond donors (Lipinski definition) is 1. The van der Waals surface area contributed by atoms with Crippen molar-refractivity contribution >= 4 is 11.0 Å². The topological polar surface area (TPSA) is 59.7 Å². The molecule has 0 amide bonds. The van der Waals surface area contributed by atoms with Crippen LogP contribution in [0.4, 0.5) is 0 Å². The second kappa shape index (κ2) is 4.38. The third-order valence-electron chi connectivity index (χ3n) is 3.55. The number of rotatable bonds is 2. The molecule has 1 aliphatic carbocycles. The summed E-state index contributed by atoms with van der Waals surface area (Å²) in [4.78, 5) is 12.5. The van der Waals surface area contributed by atoms with Gasteiger partial charge in [0, 0.05) is 13.0 Å². The Morgan fingerprint density at radius 2 is 2.26 bits per heavy atom. The number of benzene rings is 1. The van der Waals surface area contributed by atoms with Crippen LogP contribution < -0.4 is 5.43 Å². The van der Waals surface area contributed by atoms with Crippen LogP contribution in [-0.2, 0) is 11.2 Å². The van der Waals surface area contributed by atoms with Crippen LogP contribution in [0.3, 0.4) is 0 Å². The van der Waals surface area contributed by atoms with E-state index in [1.165, 1.54) is 0 Å². The fourth-order valence-electron chi connectivity index (χ4n) is 2.78. The van der Waals surface area contributed by atoms with E-state index in [1.807, 2.05) is 13.8 Å². The molecule has 0 aliphatic heterocycles. The maximum atomic E-state index is 12.5. The van der Waals surface area contributed by atoms with E-state index >= 15 is 0 Å². The van der Waals surface area contributed by atoms with Gasteiger partial charge in [0.05, 0.1) is 11.7 Å². The second-order valence-electron chi connectivity index (χ2n) is 4.91. The van der Waals surface area contributed by atoms with Crippen molar-refractivity contribution in [3.05, 3.63) is 39.2 Å². The summed E-state index contributed by atoms with van der Waals surface area (Å²) in [6, 6.07) is 3.36. The molecule has 0 saturated carbocycles. The van der Waals surface area contributed by atoms with Crippen LogP contribution in [0, 0.1) is 6.92 Å². The highest BCUT2D eigenvalue weighted by Gasteiger charge is 2.30. The predicted octanol–water partition coefficient (Wildman–Crippen LogP) is 2.83. The van der Waals surface area contributed by atoms with Gasteiger partial charge in [-0.05, 0) is 38.0 Å². The highest BCUT2D eigenvalue weighted by atomic mass is 16.5. The van der Waals surface area contributed by atoms with E-state index in [2.05, 4.69) is 0 Å². The fraction of sp³-hybridized carbons (Fsp3) is 0.400. The molecule has 0 bridgehead atoms. The van der Waals surface area contributed by atoms with Gasteiger partial charge in [0.2, 0.25) is 5.43 Å². The zero-order chi connectivity index (χ0) is 13.6. The smallest absolute Gasteiger partial charge is 0.202 e. The maximum absolute atomic E-state index is 12.5. The lowest BCUT2D eigenvalue weighted by Gasteiger charge is -2.11. The Morgan fingerprint density at radius 1 is 1.47 bits per heavy atom. The molecular weight excluding hydrogens is 244 g/mol. The van der Waals surface area contributed by atoms with E-state index in [1.54, 1.807) is 12.1 Å². The van der Waals surface area contributed by atoms with Crippen molar-refractivity contribution in [3.63, 3.8) is 0 Å². The highest BCUT2D eigenvalue weighted by Crippen LogP contribution is 2.35. The minimum Gasteiger partial charge on any atom is -0.507 e. The van der Waals surface area contributed by atoms with E-state index in [9.17, 15) is 9.90 Å². The summed E-state index contributed by atoms with van der Waals surface area (Å²) in [5.74, 6) is 0.676. The zero-order valence-electron chi connectivity index (χ0n) is 11.0. The quantitative estimate of drug-likeness (QED) is 0.902. The molecule has 4 heteroatoms. The molecule has 2 aromatic rings. The first kappa shape index (κ1) is 12.2. The Labute approximate surface area is 110 Å². The number of aromatic hydroxyl groups is 1. The van der Waals surface area contributed by atoms with Gasteiger partial charge in [-0.3, -0.25) is 4.79 Å². The molecule has 0 spiro atoms. The molecule has 1 aromatic heterocycles. The Morgan fingerprint density at radius 3 is 3.00 bits per heavy atom. The van der Waals surface area contributed by atoms with Crippen molar-refractivity contribution in [1.29, 1.82) is 0 Å². The first-order valence-corrected chi connectivity index (χ1v) is 6.52. The lowest BCUT2D eigenvalue weighted by molar-refractivity contribution is 0.0634. The van der Waals surface area contributed by atoms with Crippen molar-refractivity contribution in [1.82, 2.24) is 0 Å². The molecule has 1 aliphatic rings. The molecule has 100 valence electrons. The van der Waals surface area contributed by atoms with Gasteiger partial charge in [-0.2, -0.15) is 0 Å². The molecule has 1 aromatic carbocycles. The van der Waals surface area contributed by atoms with Crippen LogP contribution in [0.25, 0.3) is 11.0 Å². The zero-order valence-corrected chi connectivity index (χ0v) is 11.0. The van der Waals surface area contributed by atoms with E-state index in [0.717, 1.165) is 12.0 Å². The molecule has 0 saturated heterocycles. The normalized spacial score (nSPS) is 17.9. The van der Waals surface area contributed by atoms with Gasteiger partial charge >= 0.3 is 0 Å². The third kappa shape index (κ3) is 1.83. The second-order valence-corrected chi connectivity index (χ2v) is 4.91. The fourth-order valence-corrected chi connectivity index (χ4v) is 2.78. The lowest BCUT2D eigenvalue weighted by atomic mass is 10.1. The van der Waals surface area contributed by atoms with Gasteiger partial charge in [-0.25, -0.2) is 0 Å².